The van der Waals surface area contributed by atoms with Gasteiger partial charge in [-0.05, 0) is 30.5 Å². The fourth-order valence-corrected chi connectivity index (χ4v) is 2.05. The van der Waals surface area contributed by atoms with Gasteiger partial charge >= 0.3 is 5.69 Å². The minimum absolute atomic E-state index is 0.174. The molecule has 2 aromatic rings. The van der Waals surface area contributed by atoms with E-state index in [9.17, 15) is 9.90 Å². The van der Waals surface area contributed by atoms with E-state index in [1.165, 1.54) is 0 Å². The quantitative estimate of drug-likeness (QED) is 0.784. The highest BCUT2D eigenvalue weighted by atomic mass is 16.3. The van der Waals surface area contributed by atoms with Gasteiger partial charge in [0.2, 0.25) is 5.88 Å². The van der Waals surface area contributed by atoms with Crippen molar-refractivity contribution in [1.29, 1.82) is 5.26 Å². The van der Waals surface area contributed by atoms with E-state index in [1.54, 1.807) is 18.2 Å². The van der Waals surface area contributed by atoms with E-state index in [0.717, 1.165) is 30.4 Å². The number of H-pyrrole nitrogens is 2. The maximum absolute atomic E-state index is 11.2. The number of aromatic amines is 2. The van der Waals surface area contributed by atoms with Crippen molar-refractivity contribution in [2.24, 2.45) is 0 Å². The summed E-state index contributed by atoms with van der Waals surface area (Å²) in [5.41, 5.74) is 2.21. The third kappa shape index (κ3) is 2.68. The van der Waals surface area contributed by atoms with E-state index in [4.69, 9.17) is 5.26 Å². The first kappa shape index (κ1) is 13.0. The van der Waals surface area contributed by atoms with Crippen LogP contribution in [0.4, 0.5) is 0 Å². The van der Waals surface area contributed by atoms with Crippen LogP contribution in [0.25, 0.3) is 11.3 Å². The van der Waals surface area contributed by atoms with Crippen molar-refractivity contribution in [2.45, 2.75) is 26.2 Å². The first-order chi connectivity index (χ1) is 9.15. The Morgan fingerprint density at radius 3 is 2.74 bits per heavy atom. The van der Waals surface area contributed by atoms with E-state index in [1.807, 2.05) is 0 Å². The Morgan fingerprint density at radius 2 is 2.16 bits per heavy atom. The van der Waals surface area contributed by atoms with Crippen LogP contribution >= 0.6 is 0 Å². The van der Waals surface area contributed by atoms with Crippen LogP contribution in [-0.2, 0) is 6.42 Å². The molecule has 1 aromatic carbocycles. The lowest BCUT2D eigenvalue weighted by Crippen LogP contribution is -2.00. The zero-order valence-corrected chi connectivity index (χ0v) is 10.7. The normalized spacial score (nSPS) is 10.3. The smallest absolute Gasteiger partial charge is 0.326 e. The third-order valence-corrected chi connectivity index (χ3v) is 3.01. The summed E-state index contributed by atoms with van der Waals surface area (Å²) < 4.78 is 0. The van der Waals surface area contributed by atoms with Gasteiger partial charge in [0.1, 0.15) is 5.69 Å². The second kappa shape index (κ2) is 5.44. The predicted octanol–water partition coefficient (Wildman–Crippen LogP) is 2.29. The number of aromatic hydroxyl groups is 1. The monoisotopic (exact) mass is 257 g/mol. The van der Waals surface area contributed by atoms with Crippen LogP contribution in [0.2, 0.25) is 0 Å². The molecule has 0 spiro atoms. The molecule has 1 aromatic heterocycles. The Bertz CT molecular complexity index is 677. The van der Waals surface area contributed by atoms with Crippen molar-refractivity contribution >= 4 is 0 Å². The molecule has 1 heterocycles. The Kier molecular flexibility index (Phi) is 3.71. The molecule has 2 rings (SSSR count). The maximum Gasteiger partial charge on any atom is 0.326 e. The molecule has 5 nitrogen and oxygen atoms in total. The van der Waals surface area contributed by atoms with Gasteiger partial charge in [0, 0.05) is 5.56 Å². The number of aromatic nitrogens is 2. The van der Waals surface area contributed by atoms with Crippen molar-refractivity contribution in [3.63, 3.8) is 0 Å². The Labute approximate surface area is 110 Å². The lowest BCUT2D eigenvalue weighted by atomic mass is 9.97. The molecule has 98 valence electrons. The number of unbranched alkanes of at least 4 members (excludes halogenated alkanes) is 1. The zero-order chi connectivity index (χ0) is 13.8. The first-order valence-corrected chi connectivity index (χ1v) is 6.20. The SMILES string of the molecule is CCCCc1cc(C#N)ccc1-c1[nH]c(=O)[nH]c1O. The van der Waals surface area contributed by atoms with E-state index < -0.39 is 5.69 Å². The van der Waals surface area contributed by atoms with Gasteiger partial charge in [-0.25, -0.2) is 4.79 Å². The number of aryl methyl sites for hydroxylation is 1. The number of rotatable bonds is 4. The molecule has 0 aliphatic carbocycles. The predicted molar refractivity (Wildman–Crippen MR) is 71.8 cm³/mol. The maximum atomic E-state index is 11.2. The van der Waals surface area contributed by atoms with Crippen molar-refractivity contribution in [3.8, 4) is 23.2 Å². The molecule has 0 radical (unpaired) electrons. The molecule has 0 amide bonds. The van der Waals surface area contributed by atoms with Gasteiger partial charge < -0.3 is 10.1 Å². The summed E-state index contributed by atoms with van der Waals surface area (Å²) in [6, 6.07) is 7.33. The summed E-state index contributed by atoms with van der Waals surface area (Å²) in [7, 11) is 0. The van der Waals surface area contributed by atoms with E-state index in [-0.39, 0.29) is 5.88 Å². The molecular weight excluding hydrogens is 242 g/mol. The lowest BCUT2D eigenvalue weighted by molar-refractivity contribution is 0.457. The number of nitriles is 1. The topological polar surface area (TPSA) is 92.7 Å². The van der Waals surface area contributed by atoms with Crippen molar-refractivity contribution < 1.29 is 5.11 Å². The average Bonchev–Trinajstić information content (AvgIpc) is 2.74. The van der Waals surface area contributed by atoms with Crippen LogP contribution < -0.4 is 5.69 Å². The van der Waals surface area contributed by atoms with Crippen molar-refractivity contribution in [2.75, 3.05) is 0 Å². The highest BCUT2D eigenvalue weighted by Gasteiger charge is 2.13. The second-order valence-corrected chi connectivity index (χ2v) is 4.39. The number of hydrogen-bond donors (Lipinski definition) is 3. The number of nitrogens with one attached hydrogen (secondary N) is 2. The molecule has 3 N–H and O–H groups in total. The van der Waals surface area contributed by atoms with Crippen molar-refractivity contribution in [3.05, 3.63) is 39.8 Å². The summed E-state index contributed by atoms with van der Waals surface area (Å²) in [5.74, 6) is -0.174. The summed E-state index contributed by atoms with van der Waals surface area (Å²) in [6.07, 6.45) is 2.82. The molecule has 0 bridgehead atoms. The van der Waals surface area contributed by atoms with E-state index in [2.05, 4.69) is 23.0 Å². The molecule has 5 heteroatoms. The Hall–Kier alpha value is -2.48. The summed E-state index contributed by atoms with van der Waals surface area (Å²) in [6.45, 7) is 2.09. The van der Waals surface area contributed by atoms with Crippen LogP contribution in [0.3, 0.4) is 0 Å². The molecule has 0 aliphatic rings. The van der Waals surface area contributed by atoms with Crippen LogP contribution in [0.1, 0.15) is 30.9 Å². The van der Waals surface area contributed by atoms with E-state index >= 15 is 0 Å². The van der Waals surface area contributed by atoms with Crippen LogP contribution in [0, 0.1) is 11.3 Å². The molecule has 0 fully saturated rings. The summed E-state index contributed by atoms with van der Waals surface area (Å²) in [4.78, 5) is 16.1. The van der Waals surface area contributed by atoms with Crippen LogP contribution in [-0.4, -0.2) is 15.1 Å². The summed E-state index contributed by atoms with van der Waals surface area (Å²) >= 11 is 0. The lowest BCUT2D eigenvalue weighted by Gasteiger charge is -2.08. The van der Waals surface area contributed by atoms with Gasteiger partial charge in [0.05, 0.1) is 11.6 Å². The number of benzene rings is 1. The average molecular weight is 257 g/mol. The molecule has 0 atom stereocenters. The largest absolute Gasteiger partial charge is 0.493 e. The molecule has 0 saturated heterocycles. The summed E-state index contributed by atoms with van der Waals surface area (Å²) in [5, 5.41) is 18.7. The second-order valence-electron chi connectivity index (χ2n) is 4.39. The Morgan fingerprint density at radius 1 is 1.37 bits per heavy atom. The fraction of sp³-hybridized carbons (Fsp3) is 0.286. The third-order valence-electron chi connectivity index (χ3n) is 3.01. The van der Waals surface area contributed by atoms with Gasteiger partial charge in [-0.15, -0.1) is 0 Å². The fourth-order valence-electron chi connectivity index (χ4n) is 2.05. The van der Waals surface area contributed by atoms with Gasteiger partial charge in [-0.1, -0.05) is 19.4 Å². The van der Waals surface area contributed by atoms with Crippen molar-refractivity contribution in [1.82, 2.24) is 9.97 Å². The molecule has 0 aliphatic heterocycles. The molecular formula is C14H15N3O2. The first-order valence-electron chi connectivity index (χ1n) is 6.20. The molecule has 19 heavy (non-hydrogen) atoms. The van der Waals surface area contributed by atoms with E-state index in [0.29, 0.717) is 11.3 Å². The minimum Gasteiger partial charge on any atom is -0.493 e. The van der Waals surface area contributed by atoms with Gasteiger partial charge in [-0.2, -0.15) is 5.26 Å². The molecule has 0 unspecified atom stereocenters. The molecule has 0 saturated carbocycles. The number of imidazole rings is 1. The zero-order valence-electron chi connectivity index (χ0n) is 10.7. The van der Waals surface area contributed by atoms with Gasteiger partial charge in [-0.3, -0.25) is 4.98 Å². The number of hydrogen-bond acceptors (Lipinski definition) is 3. The standard InChI is InChI=1S/C14H15N3O2/c1-2-3-4-10-7-9(8-15)5-6-11(10)12-13(18)17-14(19)16-12/h5-7,18H,2-4H2,1H3,(H2,16,17,19). The Balaban J connectivity index is 2.52. The van der Waals surface area contributed by atoms with Crippen LogP contribution in [0.5, 0.6) is 5.88 Å². The highest BCUT2D eigenvalue weighted by Crippen LogP contribution is 2.29. The number of nitrogens with zero attached hydrogens (tertiary/aromatic N) is 1. The van der Waals surface area contributed by atoms with Gasteiger partial charge in [0.25, 0.3) is 0 Å². The highest BCUT2D eigenvalue weighted by molar-refractivity contribution is 5.69. The van der Waals surface area contributed by atoms with Crippen LogP contribution in [0.15, 0.2) is 23.0 Å². The van der Waals surface area contributed by atoms with Gasteiger partial charge in [0.15, 0.2) is 0 Å². The minimum atomic E-state index is -0.446.